The van der Waals surface area contributed by atoms with Gasteiger partial charge in [0.1, 0.15) is 11.6 Å². The Morgan fingerprint density at radius 2 is 1.93 bits per heavy atom. The maximum Gasteiger partial charge on any atom is 0.257 e. The molecule has 6 heteroatoms. The molecule has 3 aromatic rings. The van der Waals surface area contributed by atoms with Gasteiger partial charge < -0.3 is 10.1 Å². The number of nitrogens with zero attached hydrogens (tertiary/aromatic N) is 2. The van der Waals surface area contributed by atoms with Gasteiger partial charge in [0.25, 0.3) is 5.91 Å². The molecule has 0 saturated heterocycles. The Labute approximate surface area is 159 Å². The van der Waals surface area contributed by atoms with Crippen LogP contribution in [0.2, 0.25) is 0 Å². The van der Waals surface area contributed by atoms with E-state index in [1.807, 2.05) is 31.2 Å². The molecule has 0 atom stereocenters. The normalized spacial score (nSPS) is 10.6. The van der Waals surface area contributed by atoms with E-state index in [1.165, 1.54) is 11.1 Å². The second-order valence-electron chi connectivity index (χ2n) is 6.57. The van der Waals surface area contributed by atoms with Gasteiger partial charge in [-0.1, -0.05) is 42.0 Å². The average Bonchev–Trinajstić information content (AvgIpc) is 3.09. The molecule has 0 aliphatic heterocycles. The summed E-state index contributed by atoms with van der Waals surface area (Å²) in [5.41, 5.74) is 3.52. The maximum atomic E-state index is 11.9. The van der Waals surface area contributed by atoms with E-state index in [0.29, 0.717) is 31.0 Å². The number of hydrogen-bond donors (Lipinski definition) is 2. The molecule has 2 N–H and O–H groups in total. The first kappa shape index (κ1) is 18.6. The molecule has 1 heterocycles. The van der Waals surface area contributed by atoms with Crippen LogP contribution in [0.1, 0.15) is 28.3 Å². The zero-order chi connectivity index (χ0) is 19.1. The van der Waals surface area contributed by atoms with E-state index < -0.39 is 0 Å². The van der Waals surface area contributed by atoms with Crippen molar-refractivity contribution in [3.63, 3.8) is 0 Å². The lowest BCUT2D eigenvalue weighted by Gasteiger charge is -2.07. The summed E-state index contributed by atoms with van der Waals surface area (Å²) in [6.07, 6.45) is 1.28. The van der Waals surface area contributed by atoms with Crippen LogP contribution >= 0.6 is 0 Å². The quantitative estimate of drug-likeness (QED) is 0.644. The maximum absolute atomic E-state index is 11.9. The van der Waals surface area contributed by atoms with Gasteiger partial charge in [-0.15, -0.1) is 0 Å². The van der Waals surface area contributed by atoms with E-state index in [2.05, 4.69) is 51.7 Å². The molecule has 140 valence electrons. The van der Waals surface area contributed by atoms with Crippen molar-refractivity contribution in [3.8, 4) is 5.75 Å². The predicted octanol–water partition coefficient (Wildman–Crippen LogP) is 2.75. The summed E-state index contributed by atoms with van der Waals surface area (Å²) in [7, 11) is 0. The molecule has 27 heavy (non-hydrogen) atoms. The largest absolute Gasteiger partial charge is 0.484 e. The lowest BCUT2D eigenvalue weighted by Crippen LogP contribution is -2.30. The molecule has 0 aliphatic carbocycles. The molecular weight excluding hydrogens is 340 g/mol. The van der Waals surface area contributed by atoms with Crippen molar-refractivity contribution in [1.82, 2.24) is 20.5 Å². The van der Waals surface area contributed by atoms with Crippen LogP contribution in [0.25, 0.3) is 0 Å². The Hall–Kier alpha value is -3.15. The zero-order valence-electron chi connectivity index (χ0n) is 15.7. The van der Waals surface area contributed by atoms with Gasteiger partial charge in [0.2, 0.25) is 0 Å². The fraction of sp³-hybridized carbons (Fsp3) is 0.286. The van der Waals surface area contributed by atoms with Crippen molar-refractivity contribution in [2.45, 2.75) is 26.7 Å². The highest BCUT2D eigenvalue weighted by Crippen LogP contribution is 2.12. The molecule has 0 spiro atoms. The Bertz CT molecular complexity index is 887. The molecule has 0 bridgehead atoms. The third-order valence-electron chi connectivity index (χ3n) is 4.10. The summed E-state index contributed by atoms with van der Waals surface area (Å²) in [6, 6.07) is 16.0. The summed E-state index contributed by atoms with van der Waals surface area (Å²) in [5, 5.41) is 10.00. The topological polar surface area (TPSA) is 79.9 Å². The van der Waals surface area contributed by atoms with Crippen LogP contribution in [0.5, 0.6) is 5.75 Å². The molecule has 0 fully saturated rings. The molecule has 2 aromatic carbocycles. The number of aromatic amines is 1. The molecule has 0 saturated carbocycles. The first-order chi connectivity index (χ1) is 13.1. The molecular formula is C21H24N4O2. The number of ether oxygens (including phenoxy) is 1. The first-order valence-electron chi connectivity index (χ1n) is 9.00. The summed E-state index contributed by atoms with van der Waals surface area (Å²) < 4.78 is 5.48. The molecule has 1 amide bonds. The van der Waals surface area contributed by atoms with Crippen LogP contribution < -0.4 is 10.1 Å². The Morgan fingerprint density at radius 3 is 2.70 bits per heavy atom. The van der Waals surface area contributed by atoms with E-state index in [9.17, 15) is 4.79 Å². The molecule has 0 unspecified atom stereocenters. The van der Waals surface area contributed by atoms with Crippen molar-refractivity contribution in [3.05, 3.63) is 76.9 Å². The molecule has 6 nitrogen and oxygen atoms in total. The number of amides is 1. The average molecular weight is 364 g/mol. The van der Waals surface area contributed by atoms with Gasteiger partial charge in [-0.25, -0.2) is 4.98 Å². The van der Waals surface area contributed by atoms with Crippen molar-refractivity contribution < 1.29 is 9.53 Å². The van der Waals surface area contributed by atoms with Crippen LogP contribution in [-0.4, -0.2) is 34.2 Å². The van der Waals surface area contributed by atoms with Gasteiger partial charge in [-0.05, 0) is 37.1 Å². The fourth-order valence-electron chi connectivity index (χ4n) is 2.64. The van der Waals surface area contributed by atoms with Crippen LogP contribution in [0.3, 0.4) is 0 Å². The molecule has 3 rings (SSSR count). The van der Waals surface area contributed by atoms with Gasteiger partial charge in [-0.3, -0.25) is 9.89 Å². The molecule has 1 aromatic heterocycles. The van der Waals surface area contributed by atoms with Crippen molar-refractivity contribution in [2.24, 2.45) is 0 Å². The van der Waals surface area contributed by atoms with Crippen molar-refractivity contribution >= 4 is 5.91 Å². The van der Waals surface area contributed by atoms with Gasteiger partial charge in [0.05, 0.1) is 0 Å². The first-order valence-corrected chi connectivity index (χ1v) is 9.00. The second-order valence-corrected chi connectivity index (χ2v) is 6.57. The van der Waals surface area contributed by atoms with Crippen LogP contribution in [0.15, 0.2) is 48.5 Å². The van der Waals surface area contributed by atoms with Crippen LogP contribution in [-0.2, 0) is 17.6 Å². The number of benzene rings is 2. The lowest BCUT2D eigenvalue weighted by molar-refractivity contribution is -0.123. The van der Waals surface area contributed by atoms with E-state index in [1.54, 1.807) is 0 Å². The fourth-order valence-corrected chi connectivity index (χ4v) is 2.64. The number of aryl methyl sites for hydroxylation is 2. The smallest absolute Gasteiger partial charge is 0.257 e. The number of nitrogens with one attached hydrogen (secondary N) is 2. The van der Waals surface area contributed by atoms with Crippen molar-refractivity contribution in [2.75, 3.05) is 13.2 Å². The third kappa shape index (κ3) is 5.95. The SMILES string of the molecule is Cc1ccc(Cc2nc(CCNC(=O)COc3cccc(C)c3)n[nH]2)cc1. The summed E-state index contributed by atoms with van der Waals surface area (Å²) in [4.78, 5) is 16.4. The Morgan fingerprint density at radius 1 is 1.11 bits per heavy atom. The number of hydrogen-bond acceptors (Lipinski definition) is 4. The third-order valence-corrected chi connectivity index (χ3v) is 4.10. The predicted molar refractivity (Wildman–Crippen MR) is 104 cm³/mol. The van der Waals surface area contributed by atoms with Gasteiger partial charge in [0.15, 0.2) is 12.4 Å². The van der Waals surface area contributed by atoms with Crippen LogP contribution in [0.4, 0.5) is 0 Å². The van der Waals surface area contributed by atoms with Gasteiger partial charge in [0, 0.05) is 19.4 Å². The lowest BCUT2D eigenvalue weighted by atomic mass is 10.1. The minimum atomic E-state index is -0.160. The second kappa shape index (κ2) is 8.98. The van der Waals surface area contributed by atoms with Crippen LogP contribution in [0, 0.1) is 13.8 Å². The Kier molecular flexibility index (Phi) is 6.20. The summed E-state index contributed by atoms with van der Waals surface area (Å²) in [6.45, 7) is 4.52. The number of H-pyrrole nitrogens is 1. The number of rotatable bonds is 8. The van der Waals surface area contributed by atoms with E-state index in [0.717, 1.165) is 11.4 Å². The van der Waals surface area contributed by atoms with E-state index >= 15 is 0 Å². The monoisotopic (exact) mass is 364 g/mol. The minimum Gasteiger partial charge on any atom is -0.484 e. The Balaban J connectivity index is 1.39. The highest BCUT2D eigenvalue weighted by Gasteiger charge is 2.07. The minimum absolute atomic E-state index is 0.00385. The summed E-state index contributed by atoms with van der Waals surface area (Å²) in [5.74, 6) is 2.05. The zero-order valence-corrected chi connectivity index (χ0v) is 15.7. The van der Waals surface area contributed by atoms with Crippen molar-refractivity contribution in [1.29, 1.82) is 0 Å². The molecule has 0 aliphatic rings. The summed E-state index contributed by atoms with van der Waals surface area (Å²) >= 11 is 0. The number of carbonyl (C=O) groups excluding carboxylic acids is 1. The highest BCUT2D eigenvalue weighted by molar-refractivity contribution is 5.77. The van der Waals surface area contributed by atoms with Gasteiger partial charge in [-0.2, -0.15) is 5.10 Å². The highest BCUT2D eigenvalue weighted by atomic mass is 16.5. The standard InChI is InChI=1S/C21H24N4O2/c1-15-6-8-17(9-7-15)13-20-23-19(24-25-20)10-11-22-21(26)14-27-18-5-3-4-16(2)12-18/h3-9,12H,10-11,13-14H2,1-2H3,(H,22,26)(H,23,24,25). The van der Waals surface area contributed by atoms with Gasteiger partial charge >= 0.3 is 0 Å². The van der Waals surface area contributed by atoms with E-state index in [-0.39, 0.29) is 12.5 Å². The van der Waals surface area contributed by atoms with E-state index in [4.69, 9.17) is 4.74 Å². The number of carbonyl (C=O) groups is 1. The number of aromatic nitrogens is 3. The molecule has 0 radical (unpaired) electrons.